The van der Waals surface area contributed by atoms with Crippen molar-refractivity contribution in [1.82, 2.24) is 5.32 Å². The number of aliphatic hydroxyl groups is 1. The number of nitrogens with two attached hydrogens (primary N) is 1. The quantitative estimate of drug-likeness (QED) is 0.474. The van der Waals surface area contributed by atoms with Crippen molar-refractivity contribution in [3.63, 3.8) is 0 Å². The Morgan fingerprint density at radius 3 is 2.55 bits per heavy atom. The van der Waals surface area contributed by atoms with Crippen LogP contribution < -0.4 is 11.1 Å². The summed E-state index contributed by atoms with van der Waals surface area (Å²) in [7, 11) is 0. The number of aliphatic hydroxyl groups excluding tert-OH is 1. The standard InChI is InChI=1S/C7H14N2O2/c8-7(11)6(10)5-1-3-9-4-2-5/h5-6,9-10H,1-4H2,(H2,8,11)/t6-/m1/s1. The van der Waals surface area contributed by atoms with Gasteiger partial charge in [-0.1, -0.05) is 0 Å². The summed E-state index contributed by atoms with van der Waals surface area (Å²) in [6.45, 7) is 1.74. The van der Waals surface area contributed by atoms with Gasteiger partial charge in [0.1, 0.15) is 6.10 Å². The van der Waals surface area contributed by atoms with E-state index in [9.17, 15) is 9.90 Å². The zero-order valence-corrected chi connectivity index (χ0v) is 6.42. The zero-order chi connectivity index (χ0) is 8.27. The first-order chi connectivity index (χ1) is 5.22. The summed E-state index contributed by atoms with van der Waals surface area (Å²) >= 11 is 0. The Kier molecular flexibility index (Phi) is 2.84. The smallest absolute Gasteiger partial charge is 0.246 e. The predicted molar refractivity (Wildman–Crippen MR) is 40.8 cm³/mol. The molecule has 4 nitrogen and oxygen atoms in total. The molecule has 1 aliphatic rings. The van der Waals surface area contributed by atoms with Crippen molar-refractivity contribution in [2.45, 2.75) is 18.9 Å². The lowest BCUT2D eigenvalue weighted by atomic mass is 9.92. The van der Waals surface area contributed by atoms with Gasteiger partial charge in [-0.05, 0) is 31.8 Å². The van der Waals surface area contributed by atoms with E-state index in [0.717, 1.165) is 25.9 Å². The van der Waals surface area contributed by atoms with Crippen LogP contribution in [0.1, 0.15) is 12.8 Å². The number of nitrogens with one attached hydrogen (secondary N) is 1. The third-order valence-corrected chi connectivity index (χ3v) is 2.12. The van der Waals surface area contributed by atoms with Gasteiger partial charge in [-0.25, -0.2) is 0 Å². The van der Waals surface area contributed by atoms with Crippen LogP contribution in [0.5, 0.6) is 0 Å². The Morgan fingerprint density at radius 2 is 2.09 bits per heavy atom. The summed E-state index contributed by atoms with van der Waals surface area (Å²) in [6, 6.07) is 0. The van der Waals surface area contributed by atoms with Gasteiger partial charge in [0.2, 0.25) is 5.91 Å². The molecular formula is C7H14N2O2. The first-order valence-corrected chi connectivity index (χ1v) is 3.90. The van der Waals surface area contributed by atoms with E-state index in [2.05, 4.69) is 5.32 Å². The average Bonchev–Trinajstić information content (AvgIpc) is 2.05. The van der Waals surface area contributed by atoms with Gasteiger partial charge in [0.15, 0.2) is 0 Å². The molecule has 1 amide bonds. The molecule has 0 aliphatic carbocycles. The second-order valence-corrected chi connectivity index (χ2v) is 2.93. The molecule has 1 saturated heterocycles. The van der Waals surface area contributed by atoms with E-state index >= 15 is 0 Å². The van der Waals surface area contributed by atoms with Gasteiger partial charge in [0, 0.05) is 0 Å². The van der Waals surface area contributed by atoms with Crippen molar-refractivity contribution in [3.05, 3.63) is 0 Å². The van der Waals surface area contributed by atoms with Crippen LogP contribution >= 0.6 is 0 Å². The van der Waals surface area contributed by atoms with Crippen molar-refractivity contribution >= 4 is 5.91 Å². The van der Waals surface area contributed by atoms with E-state index in [1.54, 1.807) is 0 Å². The molecule has 0 aromatic carbocycles. The monoisotopic (exact) mass is 158 g/mol. The largest absolute Gasteiger partial charge is 0.383 e. The maximum absolute atomic E-state index is 10.6. The first kappa shape index (κ1) is 8.49. The third-order valence-electron chi connectivity index (χ3n) is 2.12. The molecule has 11 heavy (non-hydrogen) atoms. The highest BCUT2D eigenvalue weighted by Crippen LogP contribution is 2.15. The van der Waals surface area contributed by atoms with Crippen molar-refractivity contribution in [1.29, 1.82) is 0 Å². The summed E-state index contributed by atoms with van der Waals surface area (Å²) in [5, 5.41) is 12.4. The molecule has 0 unspecified atom stereocenters. The molecule has 1 heterocycles. The van der Waals surface area contributed by atoms with Crippen molar-refractivity contribution in [2.24, 2.45) is 11.7 Å². The van der Waals surface area contributed by atoms with Crippen LogP contribution in [0.25, 0.3) is 0 Å². The minimum Gasteiger partial charge on any atom is -0.383 e. The Hall–Kier alpha value is -0.610. The van der Waals surface area contributed by atoms with Crippen LogP contribution in [-0.2, 0) is 4.79 Å². The fourth-order valence-electron chi connectivity index (χ4n) is 1.39. The lowest BCUT2D eigenvalue weighted by molar-refractivity contribution is -0.129. The second-order valence-electron chi connectivity index (χ2n) is 2.93. The Labute approximate surface area is 65.8 Å². The maximum Gasteiger partial charge on any atom is 0.246 e. The Balaban J connectivity index is 2.38. The van der Waals surface area contributed by atoms with E-state index in [0.29, 0.717) is 0 Å². The van der Waals surface area contributed by atoms with E-state index in [4.69, 9.17) is 5.73 Å². The molecule has 0 radical (unpaired) electrons. The minimum absolute atomic E-state index is 0.0637. The fraction of sp³-hybridized carbons (Fsp3) is 0.857. The van der Waals surface area contributed by atoms with E-state index in [1.165, 1.54) is 0 Å². The van der Waals surface area contributed by atoms with Gasteiger partial charge in [-0.15, -0.1) is 0 Å². The molecule has 0 saturated carbocycles. The topological polar surface area (TPSA) is 75.4 Å². The highest BCUT2D eigenvalue weighted by molar-refractivity contribution is 5.78. The number of hydrogen-bond acceptors (Lipinski definition) is 3. The van der Waals surface area contributed by atoms with Crippen molar-refractivity contribution < 1.29 is 9.90 Å². The number of amides is 1. The molecule has 1 rings (SSSR count). The fourth-order valence-corrected chi connectivity index (χ4v) is 1.39. The molecule has 0 aromatic rings. The Morgan fingerprint density at radius 1 is 1.55 bits per heavy atom. The summed E-state index contributed by atoms with van der Waals surface area (Å²) in [6.07, 6.45) is 0.728. The highest BCUT2D eigenvalue weighted by Gasteiger charge is 2.25. The van der Waals surface area contributed by atoms with Gasteiger partial charge < -0.3 is 16.2 Å². The highest BCUT2D eigenvalue weighted by atomic mass is 16.3. The van der Waals surface area contributed by atoms with Gasteiger partial charge in [0.05, 0.1) is 0 Å². The van der Waals surface area contributed by atoms with Crippen molar-refractivity contribution in [2.75, 3.05) is 13.1 Å². The van der Waals surface area contributed by atoms with E-state index in [1.807, 2.05) is 0 Å². The number of piperidine rings is 1. The predicted octanol–water partition coefficient (Wildman–Crippen LogP) is -1.17. The summed E-state index contributed by atoms with van der Waals surface area (Å²) in [5.74, 6) is -0.536. The molecule has 0 spiro atoms. The third kappa shape index (κ3) is 2.17. The molecule has 64 valence electrons. The molecule has 4 N–H and O–H groups in total. The SMILES string of the molecule is NC(=O)[C@H](O)C1CCNCC1. The van der Waals surface area contributed by atoms with E-state index < -0.39 is 12.0 Å². The molecule has 4 heteroatoms. The number of rotatable bonds is 2. The van der Waals surface area contributed by atoms with Gasteiger partial charge in [0.25, 0.3) is 0 Å². The Bertz CT molecular complexity index is 143. The summed E-state index contributed by atoms with van der Waals surface area (Å²) in [5.41, 5.74) is 4.96. The number of carbonyl (C=O) groups is 1. The minimum atomic E-state index is -0.947. The van der Waals surface area contributed by atoms with Crippen LogP contribution in [-0.4, -0.2) is 30.2 Å². The number of primary amides is 1. The molecule has 0 bridgehead atoms. The lowest BCUT2D eigenvalue weighted by Crippen LogP contribution is -2.40. The molecule has 1 atom stereocenters. The van der Waals surface area contributed by atoms with Crippen LogP contribution in [0.4, 0.5) is 0 Å². The molecule has 0 aromatic heterocycles. The average molecular weight is 158 g/mol. The van der Waals surface area contributed by atoms with Crippen LogP contribution in [0.2, 0.25) is 0 Å². The molecular weight excluding hydrogens is 144 g/mol. The normalized spacial score (nSPS) is 23.0. The molecule has 1 aliphatic heterocycles. The van der Waals surface area contributed by atoms with Gasteiger partial charge >= 0.3 is 0 Å². The number of carbonyl (C=O) groups excluding carboxylic acids is 1. The molecule has 1 fully saturated rings. The van der Waals surface area contributed by atoms with Gasteiger partial charge in [-0.2, -0.15) is 0 Å². The van der Waals surface area contributed by atoms with Crippen molar-refractivity contribution in [3.8, 4) is 0 Å². The summed E-state index contributed by atoms with van der Waals surface area (Å²) < 4.78 is 0. The van der Waals surface area contributed by atoms with Crippen LogP contribution in [0.3, 0.4) is 0 Å². The zero-order valence-electron chi connectivity index (χ0n) is 6.42. The van der Waals surface area contributed by atoms with Crippen LogP contribution in [0, 0.1) is 5.92 Å². The second kappa shape index (κ2) is 3.69. The summed E-state index contributed by atoms with van der Waals surface area (Å²) in [4.78, 5) is 10.6. The maximum atomic E-state index is 10.6. The lowest BCUT2D eigenvalue weighted by Gasteiger charge is -2.24. The van der Waals surface area contributed by atoms with Gasteiger partial charge in [-0.3, -0.25) is 4.79 Å². The van der Waals surface area contributed by atoms with E-state index in [-0.39, 0.29) is 5.92 Å². The first-order valence-electron chi connectivity index (χ1n) is 3.90. The number of hydrogen-bond donors (Lipinski definition) is 3. The van der Waals surface area contributed by atoms with Crippen LogP contribution in [0.15, 0.2) is 0 Å².